The van der Waals surface area contributed by atoms with Gasteiger partial charge in [-0.3, -0.25) is 19.2 Å². The fourth-order valence-corrected chi connectivity index (χ4v) is 3.53. The molecule has 0 aromatic heterocycles. The van der Waals surface area contributed by atoms with Crippen LogP contribution in [-0.4, -0.2) is 41.1 Å². The monoisotopic (exact) mass is 490 g/mol. The minimum Gasteiger partial charge on any atom is -0.345 e. The molecule has 3 N–H and O–H groups in total. The van der Waals surface area contributed by atoms with Crippen LogP contribution in [0, 0.1) is 17.2 Å². The number of nitriles is 1. The van der Waals surface area contributed by atoms with Crippen LogP contribution in [0.4, 0.5) is 0 Å². The molecule has 2 aromatic rings. The Kier molecular flexibility index (Phi) is 9.92. The van der Waals surface area contributed by atoms with Gasteiger partial charge in [0, 0.05) is 17.5 Å². The van der Waals surface area contributed by atoms with Gasteiger partial charge in [0.2, 0.25) is 11.7 Å². The van der Waals surface area contributed by atoms with Crippen molar-refractivity contribution >= 4 is 23.5 Å². The molecule has 0 fully saturated rings. The molecule has 3 amide bonds. The van der Waals surface area contributed by atoms with E-state index in [9.17, 15) is 19.2 Å². The maximum Gasteiger partial charge on any atom is 0.290 e. The van der Waals surface area contributed by atoms with E-state index in [2.05, 4.69) is 16.0 Å². The molecule has 2 rings (SSSR count). The Morgan fingerprint density at radius 3 is 2.03 bits per heavy atom. The lowest BCUT2D eigenvalue weighted by Crippen LogP contribution is -2.56. The molecule has 0 radical (unpaired) electrons. The lowest BCUT2D eigenvalue weighted by Gasteiger charge is -2.25. The highest BCUT2D eigenvalue weighted by Crippen LogP contribution is 2.11. The summed E-state index contributed by atoms with van der Waals surface area (Å²) in [5, 5.41) is 17.0. The van der Waals surface area contributed by atoms with Gasteiger partial charge in [0.1, 0.15) is 12.1 Å². The second kappa shape index (κ2) is 12.6. The highest BCUT2D eigenvalue weighted by Gasteiger charge is 2.32. The predicted octanol–water partition coefficient (Wildman–Crippen LogP) is 2.91. The molecule has 0 spiro atoms. The van der Waals surface area contributed by atoms with Crippen LogP contribution in [0.2, 0.25) is 0 Å². The number of ketones is 1. The number of Topliss-reactive ketones (excluding diaryl/α,β-unsaturated/α-hetero) is 1. The third-order valence-electron chi connectivity index (χ3n) is 5.23. The van der Waals surface area contributed by atoms with Crippen molar-refractivity contribution in [1.29, 1.82) is 5.26 Å². The number of hydrogen-bond acceptors (Lipinski definition) is 5. The summed E-state index contributed by atoms with van der Waals surface area (Å²) in [5.74, 6) is -2.51. The molecule has 8 nitrogen and oxygen atoms in total. The Labute approximate surface area is 212 Å². The van der Waals surface area contributed by atoms with Crippen LogP contribution >= 0.6 is 0 Å². The number of nitrogens with zero attached hydrogens (tertiary/aromatic N) is 1. The summed E-state index contributed by atoms with van der Waals surface area (Å²) in [6, 6.07) is 15.1. The number of carbonyl (C=O) groups excluding carboxylic acids is 4. The number of amides is 3. The van der Waals surface area contributed by atoms with Crippen LogP contribution in [0.15, 0.2) is 54.6 Å². The maximum absolute atomic E-state index is 13.3. The van der Waals surface area contributed by atoms with Gasteiger partial charge in [-0.1, -0.05) is 44.2 Å². The predicted molar refractivity (Wildman–Crippen MR) is 137 cm³/mol. The number of carbonyl (C=O) groups is 4. The first-order valence-corrected chi connectivity index (χ1v) is 11.9. The second-order valence-corrected chi connectivity index (χ2v) is 10.2. The zero-order valence-electron chi connectivity index (χ0n) is 21.4. The van der Waals surface area contributed by atoms with Crippen molar-refractivity contribution in [3.63, 3.8) is 0 Å². The highest BCUT2D eigenvalue weighted by atomic mass is 16.2. The van der Waals surface area contributed by atoms with Crippen molar-refractivity contribution < 1.29 is 19.2 Å². The summed E-state index contributed by atoms with van der Waals surface area (Å²) < 4.78 is 0. The average molecular weight is 491 g/mol. The van der Waals surface area contributed by atoms with Crippen molar-refractivity contribution in [2.75, 3.05) is 0 Å². The Morgan fingerprint density at radius 2 is 1.50 bits per heavy atom. The van der Waals surface area contributed by atoms with E-state index in [4.69, 9.17) is 5.26 Å². The molecule has 2 atom stereocenters. The van der Waals surface area contributed by atoms with Gasteiger partial charge in [-0.25, -0.2) is 0 Å². The molecule has 0 heterocycles. The lowest BCUT2D eigenvalue weighted by atomic mass is 9.98. The van der Waals surface area contributed by atoms with Gasteiger partial charge in [0.25, 0.3) is 11.8 Å². The lowest BCUT2D eigenvalue weighted by molar-refractivity contribution is -0.141. The zero-order chi connectivity index (χ0) is 26.9. The number of rotatable bonds is 10. The standard InChI is InChI=1S/C28H34N4O4/c1-18(2)15-23(31-25(34)21-13-11-20(17-29)12-14-21)26(35)30-22(16-19-9-7-6-8-10-19)24(33)27(36)32-28(3,4)5/h6-14,18,22-23H,15-16H2,1-5H3,(H,30,35)(H,31,34)(H,32,36). The normalized spacial score (nSPS) is 12.7. The van der Waals surface area contributed by atoms with E-state index < -0.39 is 41.1 Å². The average Bonchev–Trinajstić information content (AvgIpc) is 2.82. The van der Waals surface area contributed by atoms with Crippen LogP contribution in [-0.2, 0) is 20.8 Å². The van der Waals surface area contributed by atoms with E-state index in [1.807, 2.05) is 50.2 Å². The number of nitrogens with one attached hydrogen (secondary N) is 3. The number of benzene rings is 2. The molecule has 0 saturated carbocycles. The smallest absolute Gasteiger partial charge is 0.290 e. The molecule has 2 unspecified atom stereocenters. The maximum atomic E-state index is 13.3. The van der Waals surface area contributed by atoms with E-state index >= 15 is 0 Å². The van der Waals surface area contributed by atoms with Gasteiger partial charge in [-0.2, -0.15) is 5.26 Å². The third-order valence-corrected chi connectivity index (χ3v) is 5.23. The Morgan fingerprint density at radius 1 is 0.889 bits per heavy atom. The minimum absolute atomic E-state index is 0.0643. The fourth-order valence-electron chi connectivity index (χ4n) is 3.53. The first kappa shape index (κ1) is 28.2. The Hall–Kier alpha value is -3.99. The van der Waals surface area contributed by atoms with E-state index in [0.717, 1.165) is 5.56 Å². The van der Waals surface area contributed by atoms with Crippen LogP contribution in [0.25, 0.3) is 0 Å². The van der Waals surface area contributed by atoms with Crippen LogP contribution in [0.1, 0.15) is 62.5 Å². The Balaban J connectivity index is 2.25. The van der Waals surface area contributed by atoms with Gasteiger partial charge < -0.3 is 16.0 Å². The van der Waals surface area contributed by atoms with Crippen LogP contribution in [0.3, 0.4) is 0 Å². The summed E-state index contributed by atoms with van der Waals surface area (Å²) in [6.45, 7) is 9.12. The van der Waals surface area contributed by atoms with Crippen molar-refractivity contribution in [3.8, 4) is 6.07 Å². The molecule has 190 valence electrons. The molecule has 0 bridgehead atoms. The van der Waals surface area contributed by atoms with Crippen molar-refractivity contribution in [3.05, 3.63) is 71.3 Å². The second-order valence-electron chi connectivity index (χ2n) is 10.2. The van der Waals surface area contributed by atoms with Crippen LogP contribution in [0.5, 0.6) is 0 Å². The van der Waals surface area contributed by atoms with Crippen LogP contribution < -0.4 is 16.0 Å². The van der Waals surface area contributed by atoms with Gasteiger partial charge >= 0.3 is 0 Å². The molecule has 36 heavy (non-hydrogen) atoms. The summed E-state index contributed by atoms with van der Waals surface area (Å²) >= 11 is 0. The molecule has 0 aliphatic carbocycles. The zero-order valence-corrected chi connectivity index (χ0v) is 21.4. The molecular weight excluding hydrogens is 456 g/mol. The van der Waals surface area contributed by atoms with Gasteiger partial charge in [-0.05, 0) is 62.9 Å². The topological polar surface area (TPSA) is 128 Å². The summed E-state index contributed by atoms with van der Waals surface area (Å²) in [7, 11) is 0. The van der Waals surface area contributed by atoms with Crippen molar-refractivity contribution in [2.45, 2.75) is 65.1 Å². The van der Waals surface area contributed by atoms with E-state index in [1.54, 1.807) is 20.8 Å². The highest BCUT2D eigenvalue weighted by molar-refractivity contribution is 6.38. The van der Waals surface area contributed by atoms with E-state index in [0.29, 0.717) is 17.5 Å². The van der Waals surface area contributed by atoms with Gasteiger partial charge in [-0.15, -0.1) is 0 Å². The van der Waals surface area contributed by atoms with Crippen molar-refractivity contribution in [2.24, 2.45) is 5.92 Å². The summed E-state index contributed by atoms with van der Waals surface area (Å²) in [6.07, 6.45) is 0.454. The first-order chi connectivity index (χ1) is 16.9. The molecule has 0 aliphatic heterocycles. The fraction of sp³-hybridized carbons (Fsp3) is 0.393. The minimum atomic E-state index is -1.11. The van der Waals surface area contributed by atoms with E-state index in [-0.39, 0.29) is 12.3 Å². The summed E-state index contributed by atoms with van der Waals surface area (Å²) in [4.78, 5) is 51.8. The van der Waals surface area contributed by atoms with Gasteiger partial charge in [0.05, 0.1) is 11.6 Å². The molecule has 0 saturated heterocycles. The third kappa shape index (κ3) is 8.99. The molecule has 8 heteroatoms. The molecule has 2 aromatic carbocycles. The molecule has 0 aliphatic rings. The van der Waals surface area contributed by atoms with E-state index in [1.165, 1.54) is 24.3 Å². The Bertz CT molecular complexity index is 1110. The number of hydrogen-bond donors (Lipinski definition) is 3. The SMILES string of the molecule is CC(C)CC(NC(=O)c1ccc(C#N)cc1)C(=O)NC(Cc1ccccc1)C(=O)C(=O)NC(C)(C)C. The van der Waals surface area contributed by atoms with Crippen molar-refractivity contribution in [1.82, 2.24) is 16.0 Å². The first-order valence-electron chi connectivity index (χ1n) is 11.9. The molecular formula is C28H34N4O4. The largest absolute Gasteiger partial charge is 0.345 e. The summed E-state index contributed by atoms with van der Waals surface area (Å²) in [5.41, 5.74) is 0.876. The van der Waals surface area contributed by atoms with Gasteiger partial charge in [0.15, 0.2) is 0 Å². The quantitative estimate of drug-likeness (QED) is 0.441.